The van der Waals surface area contributed by atoms with Gasteiger partial charge in [0.25, 0.3) is 0 Å². The summed E-state index contributed by atoms with van der Waals surface area (Å²) in [5.74, 6) is -1.56. The van der Waals surface area contributed by atoms with Crippen LogP contribution in [0.2, 0.25) is 0 Å². The Morgan fingerprint density at radius 2 is 1.65 bits per heavy atom. The fourth-order valence-electron chi connectivity index (χ4n) is 3.38. The van der Waals surface area contributed by atoms with Crippen LogP contribution < -0.4 is 9.62 Å². The first-order valence-electron chi connectivity index (χ1n) is 11.1. The molecule has 0 saturated heterocycles. The van der Waals surface area contributed by atoms with Crippen LogP contribution in [0, 0.1) is 5.82 Å². The SMILES string of the molecule is CCc1ccc(N(CC(=O)N(Cc2ccccc2F)[C@H](C)C(=O)NC(C)(C)C)S(C)(=O)=O)cc1. The van der Waals surface area contributed by atoms with Crippen molar-refractivity contribution in [2.24, 2.45) is 0 Å². The second-order valence-electron chi connectivity index (χ2n) is 9.32. The number of hydrogen-bond acceptors (Lipinski definition) is 4. The van der Waals surface area contributed by atoms with Gasteiger partial charge < -0.3 is 10.2 Å². The van der Waals surface area contributed by atoms with Crippen LogP contribution in [-0.2, 0) is 32.6 Å². The fraction of sp³-hybridized carbons (Fsp3) is 0.440. The van der Waals surface area contributed by atoms with Gasteiger partial charge >= 0.3 is 0 Å². The van der Waals surface area contributed by atoms with Gasteiger partial charge in [0.2, 0.25) is 21.8 Å². The van der Waals surface area contributed by atoms with Crippen molar-refractivity contribution in [2.45, 2.75) is 59.2 Å². The smallest absolute Gasteiger partial charge is 0.244 e. The molecule has 0 fully saturated rings. The van der Waals surface area contributed by atoms with Crippen molar-refractivity contribution in [1.82, 2.24) is 10.2 Å². The minimum absolute atomic E-state index is 0.184. The van der Waals surface area contributed by atoms with E-state index in [2.05, 4.69) is 5.32 Å². The summed E-state index contributed by atoms with van der Waals surface area (Å²) in [6.07, 6.45) is 1.81. The molecule has 0 aliphatic carbocycles. The fourth-order valence-corrected chi connectivity index (χ4v) is 4.23. The molecular formula is C25H34FN3O4S. The lowest BCUT2D eigenvalue weighted by atomic mass is 10.1. The van der Waals surface area contributed by atoms with E-state index in [0.29, 0.717) is 5.69 Å². The van der Waals surface area contributed by atoms with Crippen LogP contribution in [-0.4, -0.2) is 49.5 Å². The Labute approximate surface area is 202 Å². The minimum atomic E-state index is -3.81. The number of halogens is 1. The van der Waals surface area contributed by atoms with Crippen molar-refractivity contribution in [2.75, 3.05) is 17.1 Å². The number of aryl methyl sites for hydroxylation is 1. The van der Waals surface area contributed by atoms with Gasteiger partial charge in [0.1, 0.15) is 18.4 Å². The van der Waals surface area contributed by atoms with Crippen LogP contribution in [0.5, 0.6) is 0 Å². The topological polar surface area (TPSA) is 86.8 Å². The average molecular weight is 492 g/mol. The Morgan fingerprint density at radius 1 is 1.06 bits per heavy atom. The highest BCUT2D eigenvalue weighted by atomic mass is 32.2. The molecule has 0 saturated carbocycles. The molecule has 0 bridgehead atoms. The first-order valence-corrected chi connectivity index (χ1v) is 13.0. The summed E-state index contributed by atoms with van der Waals surface area (Å²) >= 11 is 0. The van der Waals surface area contributed by atoms with Gasteiger partial charge in [-0.2, -0.15) is 0 Å². The zero-order chi connectivity index (χ0) is 25.7. The maximum atomic E-state index is 14.4. The number of nitrogens with zero attached hydrogens (tertiary/aromatic N) is 2. The van der Waals surface area contributed by atoms with Gasteiger partial charge in [-0.3, -0.25) is 13.9 Å². The summed E-state index contributed by atoms with van der Waals surface area (Å²) in [6, 6.07) is 11.9. The van der Waals surface area contributed by atoms with Crippen molar-refractivity contribution >= 4 is 27.5 Å². The van der Waals surface area contributed by atoms with Gasteiger partial charge in [0.15, 0.2) is 0 Å². The number of amides is 2. The van der Waals surface area contributed by atoms with E-state index in [0.717, 1.165) is 22.5 Å². The van der Waals surface area contributed by atoms with E-state index >= 15 is 0 Å². The normalized spacial score (nSPS) is 12.7. The molecule has 9 heteroatoms. The van der Waals surface area contributed by atoms with Crippen molar-refractivity contribution in [1.29, 1.82) is 0 Å². The van der Waals surface area contributed by atoms with E-state index in [4.69, 9.17) is 0 Å². The number of hydrogen-bond donors (Lipinski definition) is 1. The molecule has 7 nitrogen and oxygen atoms in total. The largest absolute Gasteiger partial charge is 0.350 e. The van der Waals surface area contributed by atoms with Gasteiger partial charge in [-0.05, 0) is 57.9 Å². The molecule has 2 aromatic carbocycles. The predicted octanol–water partition coefficient (Wildman–Crippen LogP) is 3.49. The summed E-state index contributed by atoms with van der Waals surface area (Å²) in [6.45, 7) is 8.25. The van der Waals surface area contributed by atoms with Crippen molar-refractivity contribution in [3.05, 3.63) is 65.5 Å². The van der Waals surface area contributed by atoms with Gasteiger partial charge in [-0.25, -0.2) is 12.8 Å². The van der Waals surface area contributed by atoms with Crippen LogP contribution in [0.3, 0.4) is 0 Å². The number of nitrogens with one attached hydrogen (secondary N) is 1. The first-order chi connectivity index (χ1) is 15.7. The summed E-state index contributed by atoms with van der Waals surface area (Å²) in [4.78, 5) is 27.5. The monoisotopic (exact) mass is 491 g/mol. The Bertz CT molecular complexity index is 1110. The molecule has 1 N–H and O–H groups in total. The number of benzene rings is 2. The third-order valence-corrected chi connectivity index (χ3v) is 6.42. The number of anilines is 1. The molecule has 0 unspecified atom stereocenters. The predicted molar refractivity (Wildman–Crippen MR) is 132 cm³/mol. The number of sulfonamides is 1. The van der Waals surface area contributed by atoms with Gasteiger partial charge in [0.05, 0.1) is 11.9 Å². The molecule has 0 aliphatic rings. The zero-order valence-corrected chi connectivity index (χ0v) is 21.4. The van der Waals surface area contributed by atoms with Crippen LogP contribution in [0.25, 0.3) is 0 Å². The third-order valence-electron chi connectivity index (χ3n) is 5.28. The Morgan fingerprint density at radius 3 is 2.15 bits per heavy atom. The first kappa shape index (κ1) is 27.3. The molecule has 2 amide bonds. The molecule has 0 aromatic heterocycles. The van der Waals surface area contributed by atoms with E-state index in [1.165, 1.54) is 23.1 Å². The van der Waals surface area contributed by atoms with Crippen LogP contribution in [0.1, 0.15) is 45.7 Å². The summed E-state index contributed by atoms with van der Waals surface area (Å²) in [5, 5.41) is 2.82. The Kier molecular flexibility index (Phi) is 8.83. The molecule has 186 valence electrons. The minimum Gasteiger partial charge on any atom is -0.350 e. The third kappa shape index (κ3) is 7.55. The second kappa shape index (κ2) is 11.0. The molecule has 0 aliphatic heterocycles. The van der Waals surface area contributed by atoms with E-state index in [1.54, 1.807) is 37.3 Å². The molecule has 1 atom stereocenters. The number of carbonyl (C=O) groups is 2. The van der Waals surface area contributed by atoms with Gasteiger partial charge in [-0.1, -0.05) is 37.3 Å². The lowest BCUT2D eigenvalue weighted by Crippen LogP contribution is -2.54. The highest BCUT2D eigenvalue weighted by Gasteiger charge is 2.31. The molecule has 0 radical (unpaired) electrons. The van der Waals surface area contributed by atoms with E-state index in [-0.39, 0.29) is 12.1 Å². The average Bonchev–Trinajstić information content (AvgIpc) is 2.74. The molecule has 2 aromatic rings. The molecule has 34 heavy (non-hydrogen) atoms. The maximum Gasteiger partial charge on any atom is 0.244 e. The van der Waals surface area contributed by atoms with Gasteiger partial charge in [-0.15, -0.1) is 0 Å². The number of rotatable bonds is 9. The van der Waals surface area contributed by atoms with Crippen LogP contribution in [0.4, 0.5) is 10.1 Å². The summed E-state index contributed by atoms with van der Waals surface area (Å²) < 4.78 is 40.5. The van der Waals surface area contributed by atoms with Crippen LogP contribution >= 0.6 is 0 Å². The zero-order valence-electron chi connectivity index (χ0n) is 20.6. The standard InChI is InChI=1S/C25H34FN3O4S/c1-7-19-12-14-21(15-13-19)29(34(6,32)33)17-23(30)28(16-20-10-8-9-11-22(20)26)18(2)24(31)27-25(3,4)5/h8-15,18H,7,16-17H2,1-6H3,(H,27,31)/t18-/m1/s1. The van der Waals surface area contributed by atoms with E-state index in [9.17, 15) is 22.4 Å². The quantitative estimate of drug-likeness (QED) is 0.582. The van der Waals surface area contributed by atoms with E-state index < -0.39 is 45.8 Å². The van der Waals surface area contributed by atoms with Crippen molar-refractivity contribution < 1.29 is 22.4 Å². The number of carbonyl (C=O) groups excluding carboxylic acids is 2. The van der Waals surface area contributed by atoms with Crippen molar-refractivity contribution in [3.63, 3.8) is 0 Å². The lowest BCUT2D eigenvalue weighted by molar-refractivity contribution is -0.140. The van der Waals surface area contributed by atoms with E-state index in [1.807, 2.05) is 27.7 Å². The van der Waals surface area contributed by atoms with Crippen molar-refractivity contribution in [3.8, 4) is 0 Å². The molecular weight excluding hydrogens is 457 g/mol. The van der Waals surface area contributed by atoms with Gasteiger partial charge in [0, 0.05) is 17.6 Å². The Balaban J connectivity index is 2.41. The molecule has 0 heterocycles. The highest BCUT2D eigenvalue weighted by molar-refractivity contribution is 7.92. The highest BCUT2D eigenvalue weighted by Crippen LogP contribution is 2.21. The van der Waals surface area contributed by atoms with Crippen LogP contribution in [0.15, 0.2) is 48.5 Å². The molecule has 0 spiro atoms. The summed E-state index contributed by atoms with van der Waals surface area (Å²) in [5.41, 5.74) is 1.05. The second-order valence-corrected chi connectivity index (χ2v) is 11.2. The Hall–Kier alpha value is -2.94. The molecule has 2 rings (SSSR count). The lowest BCUT2D eigenvalue weighted by Gasteiger charge is -2.33. The maximum absolute atomic E-state index is 14.4. The summed E-state index contributed by atoms with van der Waals surface area (Å²) in [7, 11) is -3.81.